The number of rotatable bonds is 5. The second-order valence-electron chi connectivity index (χ2n) is 9.14. The fourth-order valence-electron chi connectivity index (χ4n) is 3.63. The molecule has 0 bridgehead atoms. The highest BCUT2D eigenvalue weighted by Gasteiger charge is 2.39. The summed E-state index contributed by atoms with van der Waals surface area (Å²) in [4.78, 5) is 25.9. The Morgan fingerprint density at radius 1 is 1.24 bits per heavy atom. The minimum absolute atomic E-state index is 0.114. The number of carbonyl (C=O) groups is 2. The van der Waals surface area contributed by atoms with E-state index in [4.69, 9.17) is 9.47 Å². The Balaban J connectivity index is 2.05. The number of amides is 1. The summed E-state index contributed by atoms with van der Waals surface area (Å²) in [6, 6.07) is 9.17. The first-order chi connectivity index (χ1) is 15.6. The van der Waals surface area contributed by atoms with E-state index in [1.54, 1.807) is 25.5 Å². The molecule has 9 nitrogen and oxygen atoms in total. The van der Waals surface area contributed by atoms with E-state index in [0.717, 1.165) is 11.4 Å². The van der Waals surface area contributed by atoms with Crippen LogP contribution in [0.15, 0.2) is 24.3 Å². The van der Waals surface area contributed by atoms with Crippen molar-refractivity contribution in [2.24, 2.45) is 0 Å². The Hall–Kier alpha value is -3.54. The first kappa shape index (κ1) is 24.1. The number of hydrogen-bond acceptors (Lipinski definition) is 7. The first-order valence-corrected chi connectivity index (χ1v) is 10.9. The Morgan fingerprint density at radius 2 is 1.91 bits per heavy atom. The van der Waals surface area contributed by atoms with Crippen LogP contribution in [-0.4, -0.2) is 52.6 Å². The van der Waals surface area contributed by atoms with Gasteiger partial charge in [-0.05, 0) is 44.4 Å². The van der Waals surface area contributed by atoms with Gasteiger partial charge in [0, 0.05) is 13.0 Å². The Morgan fingerprint density at radius 3 is 2.45 bits per heavy atom. The van der Waals surface area contributed by atoms with Crippen LogP contribution < -0.4 is 4.74 Å². The van der Waals surface area contributed by atoms with Gasteiger partial charge < -0.3 is 14.2 Å². The summed E-state index contributed by atoms with van der Waals surface area (Å²) in [6.45, 7) is 9.46. The number of nitriles is 1. The molecule has 1 amide bonds. The highest BCUT2D eigenvalue weighted by molar-refractivity contribution is 5.72. The average Bonchev–Trinajstić information content (AvgIpc) is 3.14. The van der Waals surface area contributed by atoms with Gasteiger partial charge in [-0.2, -0.15) is 5.26 Å². The third-order valence-electron chi connectivity index (χ3n) is 5.27. The van der Waals surface area contributed by atoms with E-state index >= 15 is 0 Å². The van der Waals surface area contributed by atoms with Crippen LogP contribution in [0.1, 0.15) is 63.4 Å². The van der Waals surface area contributed by atoms with Gasteiger partial charge in [-0.15, -0.1) is 5.10 Å². The van der Waals surface area contributed by atoms with Gasteiger partial charge in [0.2, 0.25) is 5.88 Å². The Kier molecular flexibility index (Phi) is 6.96. The molecule has 33 heavy (non-hydrogen) atoms. The second kappa shape index (κ2) is 9.53. The molecule has 1 aromatic heterocycles. The monoisotopic (exact) mass is 454 g/mol. The summed E-state index contributed by atoms with van der Waals surface area (Å²) in [5.74, 6) is -0.0778. The molecule has 0 radical (unpaired) electrons. The number of aromatic nitrogens is 2. The lowest BCUT2D eigenvalue weighted by Crippen LogP contribution is -2.42. The van der Waals surface area contributed by atoms with Crippen LogP contribution in [0, 0.1) is 11.3 Å². The van der Waals surface area contributed by atoms with E-state index in [0.29, 0.717) is 17.9 Å². The number of nitrogens with zero attached hydrogens (tertiary/aromatic N) is 4. The van der Waals surface area contributed by atoms with Crippen LogP contribution in [0.4, 0.5) is 4.79 Å². The Bertz CT molecular complexity index is 1060. The maximum atomic E-state index is 12.8. The highest BCUT2D eigenvalue weighted by atomic mass is 16.6. The number of hydrogen-bond donors (Lipinski definition) is 0. The van der Waals surface area contributed by atoms with E-state index in [1.165, 1.54) is 17.6 Å². The molecule has 0 aliphatic carbocycles. The van der Waals surface area contributed by atoms with E-state index in [2.05, 4.69) is 29.8 Å². The number of carbonyl (C=O) groups excluding carboxylic acids is 2. The SMILES string of the molecule is COC(=O)COc1nn(-c2ccc(C(C)C)cc2)c2c1C(C#N)N(C(=O)OC(C)(C)C)CC2. The van der Waals surface area contributed by atoms with Gasteiger partial charge in [0.25, 0.3) is 0 Å². The maximum absolute atomic E-state index is 12.8. The molecule has 2 aromatic rings. The molecule has 3 rings (SSSR count). The number of esters is 1. The van der Waals surface area contributed by atoms with Crippen molar-refractivity contribution in [2.45, 2.75) is 58.6 Å². The van der Waals surface area contributed by atoms with Crippen LogP contribution in [0.3, 0.4) is 0 Å². The molecule has 176 valence electrons. The van der Waals surface area contributed by atoms with Crippen molar-refractivity contribution in [1.29, 1.82) is 5.26 Å². The topological polar surface area (TPSA) is 107 Å². The zero-order chi connectivity index (χ0) is 24.3. The summed E-state index contributed by atoms with van der Waals surface area (Å²) in [7, 11) is 1.26. The molecule has 0 N–H and O–H groups in total. The minimum Gasteiger partial charge on any atom is -0.466 e. The van der Waals surface area contributed by atoms with Gasteiger partial charge >= 0.3 is 12.1 Å². The molecule has 1 atom stereocenters. The van der Waals surface area contributed by atoms with Gasteiger partial charge in [0.15, 0.2) is 12.6 Å². The molecular formula is C24H30N4O5. The molecule has 1 aliphatic rings. The summed E-state index contributed by atoms with van der Waals surface area (Å²) >= 11 is 0. The van der Waals surface area contributed by atoms with E-state index < -0.39 is 23.7 Å². The van der Waals surface area contributed by atoms with Crippen LogP contribution in [-0.2, 0) is 20.7 Å². The fourth-order valence-corrected chi connectivity index (χ4v) is 3.63. The Labute approximate surface area is 193 Å². The third kappa shape index (κ3) is 5.28. The molecule has 1 aliphatic heterocycles. The van der Waals surface area contributed by atoms with Crippen molar-refractivity contribution < 1.29 is 23.8 Å². The predicted octanol–water partition coefficient (Wildman–Crippen LogP) is 3.91. The van der Waals surface area contributed by atoms with Crippen molar-refractivity contribution in [3.05, 3.63) is 41.1 Å². The lowest BCUT2D eigenvalue weighted by molar-refractivity contribution is -0.143. The zero-order valence-electron chi connectivity index (χ0n) is 19.9. The minimum atomic E-state index is -0.972. The lowest BCUT2D eigenvalue weighted by atomic mass is 9.99. The zero-order valence-corrected chi connectivity index (χ0v) is 19.9. The van der Waals surface area contributed by atoms with Crippen molar-refractivity contribution >= 4 is 12.1 Å². The van der Waals surface area contributed by atoms with E-state index in [-0.39, 0.29) is 19.0 Å². The van der Waals surface area contributed by atoms with Crippen molar-refractivity contribution in [1.82, 2.24) is 14.7 Å². The van der Waals surface area contributed by atoms with Crippen molar-refractivity contribution in [3.63, 3.8) is 0 Å². The van der Waals surface area contributed by atoms with Gasteiger partial charge in [-0.3, -0.25) is 4.90 Å². The normalized spacial score (nSPS) is 15.6. The van der Waals surface area contributed by atoms with Crippen molar-refractivity contribution in [2.75, 3.05) is 20.3 Å². The summed E-state index contributed by atoms with van der Waals surface area (Å²) in [5.41, 5.74) is 2.48. The molecule has 0 saturated heterocycles. The molecule has 0 spiro atoms. The largest absolute Gasteiger partial charge is 0.466 e. The van der Waals surface area contributed by atoms with Crippen LogP contribution in [0.5, 0.6) is 5.88 Å². The van der Waals surface area contributed by atoms with Gasteiger partial charge in [0.1, 0.15) is 5.60 Å². The van der Waals surface area contributed by atoms with Crippen LogP contribution in [0.2, 0.25) is 0 Å². The predicted molar refractivity (Wildman–Crippen MR) is 120 cm³/mol. The quantitative estimate of drug-likeness (QED) is 0.631. The molecule has 2 heterocycles. The van der Waals surface area contributed by atoms with Crippen molar-refractivity contribution in [3.8, 4) is 17.6 Å². The molecular weight excluding hydrogens is 424 g/mol. The van der Waals surface area contributed by atoms with Crippen LogP contribution in [0.25, 0.3) is 5.69 Å². The second-order valence-corrected chi connectivity index (χ2v) is 9.14. The van der Waals surface area contributed by atoms with E-state index in [1.807, 2.05) is 24.3 Å². The molecule has 9 heteroatoms. The summed E-state index contributed by atoms with van der Waals surface area (Å²) in [5, 5.41) is 14.6. The van der Waals surface area contributed by atoms with Crippen LogP contribution >= 0.6 is 0 Å². The van der Waals surface area contributed by atoms with Gasteiger partial charge in [0.05, 0.1) is 30.1 Å². The summed E-state index contributed by atoms with van der Waals surface area (Å²) in [6.07, 6.45) is -0.152. The van der Waals surface area contributed by atoms with Gasteiger partial charge in [-0.1, -0.05) is 26.0 Å². The maximum Gasteiger partial charge on any atom is 0.411 e. The molecule has 1 aromatic carbocycles. The lowest BCUT2D eigenvalue weighted by Gasteiger charge is -2.33. The smallest absolute Gasteiger partial charge is 0.411 e. The fraction of sp³-hybridized carbons (Fsp3) is 0.500. The first-order valence-electron chi connectivity index (χ1n) is 10.9. The molecule has 1 unspecified atom stereocenters. The molecule has 0 saturated carbocycles. The number of methoxy groups -OCH3 is 1. The number of fused-ring (bicyclic) bond motifs is 1. The van der Waals surface area contributed by atoms with Gasteiger partial charge in [-0.25, -0.2) is 14.3 Å². The summed E-state index contributed by atoms with van der Waals surface area (Å²) < 4.78 is 17.5. The number of ether oxygens (including phenoxy) is 3. The standard InChI is InChI=1S/C24H30N4O5/c1-15(2)16-7-9-17(10-8-16)28-18-11-12-27(23(30)33-24(3,4)5)19(13-25)21(18)22(26-28)32-14-20(29)31-6/h7-10,15,19H,11-12,14H2,1-6H3. The third-order valence-corrected chi connectivity index (χ3v) is 5.27. The highest BCUT2D eigenvalue weighted by Crippen LogP contribution is 2.38. The molecule has 0 fully saturated rings. The average molecular weight is 455 g/mol. The van der Waals surface area contributed by atoms with E-state index in [9.17, 15) is 14.9 Å². The number of benzene rings is 1.